The van der Waals surface area contributed by atoms with Crippen molar-refractivity contribution in [3.63, 3.8) is 0 Å². The summed E-state index contributed by atoms with van der Waals surface area (Å²) < 4.78 is 15.4. The van der Waals surface area contributed by atoms with Crippen LogP contribution in [0.5, 0.6) is 0 Å². The summed E-state index contributed by atoms with van der Waals surface area (Å²) in [6, 6.07) is 7.61. The van der Waals surface area contributed by atoms with E-state index in [1.807, 2.05) is 6.07 Å². The molecule has 1 unspecified atom stereocenters. The molecule has 1 aromatic carbocycles. The van der Waals surface area contributed by atoms with Crippen molar-refractivity contribution < 1.29 is 4.39 Å². The Labute approximate surface area is 138 Å². The molecule has 1 atom stereocenters. The predicted molar refractivity (Wildman–Crippen MR) is 91.3 cm³/mol. The lowest BCUT2D eigenvalue weighted by Crippen LogP contribution is -2.22. The lowest BCUT2D eigenvalue weighted by atomic mass is 10.0. The van der Waals surface area contributed by atoms with Crippen LogP contribution in [0.2, 0.25) is 0 Å². The van der Waals surface area contributed by atoms with Crippen LogP contribution in [0.15, 0.2) is 34.1 Å². The van der Waals surface area contributed by atoms with Crippen LogP contribution < -0.4 is 5.32 Å². The summed E-state index contributed by atoms with van der Waals surface area (Å²) in [6.07, 6.45) is 0.777. The van der Waals surface area contributed by atoms with Crippen LogP contribution in [-0.2, 0) is 6.42 Å². The van der Waals surface area contributed by atoms with Gasteiger partial charge >= 0.3 is 0 Å². The van der Waals surface area contributed by atoms with Gasteiger partial charge in [0.25, 0.3) is 0 Å². The summed E-state index contributed by atoms with van der Waals surface area (Å²) in [7, 11) is 0. The molecule has 0 aliphatic carbocycles. The monoisotopic (exact) mass is 453 g/mol. The molecular formula is C14H14BrFINS. The summed E-state index contributed by atoms with van der Waals surface area (Å²) in [5.74, 6) is -0.201. The number of nitrogens with one attached hydrogen (secondary N) is 1. The molecule has 0 fully saturated rings. The van der Waals surface area contributed by atoms with Gasteiger partial charge in [-0.3, -0.25) is 0 Å². The third-order valence-corrected chi connectivity index (χ3v) is 5.59. The predicted octanol–water partition coefficient (Wildman–Crippen LogP) is 5.15. The molecule has 1 nitrogen and oxygen atoms in total. The van der Waals surface area contributed by atoms with E-state index in [2.05, 4.69) is 62.2 Å². The summed E-state index contributed by atoms with van der Waals surface area (Å²) in [6.45, 7) is 2.98. The van der Waals surface area contributed by atoms with Gasteiger partial charge in [0.2, 0.25) is 0 Å². The van der Waals surface area contributed by atoms with Crippen LogP contribution in [-0.4, -0.2) is 6.54 Å². The van der Waals surface area contributed by atoms with Crippen LogP contribution in [0.3, 0.4) is 0 Å². The largest absolute Gasteiger partial charge is 0.310 e. The molecule has 0 bridgehead atoms. The maximum absolute atomic E-state index is 13.6. The molecule has 0 aliphatic rings. The maximum atomic E-state index is 13.6. The lowest BCUT2D eigenvalue weighted by Gasteiger charge is -2.18. The summed E-state index contributed by atoms with van der Waals surface area (Å²) in [5, 5.41) is 5.64. The van der Waals surface area contributed by atoms with E-state index in [9.17, 15) is 4.39 Å². The van der Waals surface area contributed by atoms with Crippen LogP contribution in [0.1, 0.15) is 24.1 Å². The second kappa shape index (κ2) is 7.15. The first-order chi connectivity index (χ1) is 9.11. The molecule has 102 valence electrons. The van der Waals surface area contributed by atoms with Gasteiger partial charge in [-0.15, -0.1) is 11.3 Å². The third-order valence-electron chi connectivity index (χ3n) is 2.90. The summed E-state index contributed by atoms with van der Waals surface area (Å²) >= 11 is 7.40. The fourth-order valence-electron chi connectivity index (χ4n) is 1.99. The van der Waals surface area contributed by atoms with Crippen molar-refractivity contribution in [2.45, 2.75) is 19.4 Å². The highest BCUT2D eigenvalue weighted by molar-refractivity contribution is 14.1. The zero-order valence-corrected chi connectivity index (χ0v) is 15.0. The van der Waals surface area contributed by atoms with E-state index >= 15 is 0 Å². The first kappa shape index (κ1) is 15.4. The minimum Gasteiger partial charge on any atom is -0.310 e. The number of rotatable bonds is 5. The van der Waals surface area contributed by atoms with Gasteiger partial charge in [-0.1, -0.05) is 19.1 Å². The van der Waals surface area contributed by atoms with E-state index in [1.165, 1.54) is 14.5 Å². The Bertz CT molecular complexity index is 558. The Morgan fingerprint density at radius 1 is 1.47 bits per heavy atom. The normalized spacial score (nSPS) is 12.6. The standard InChI is InChI=1S/C14H14BrFINS/c1-2-18-12(10-7-13(17)19-8-10)6-9-4-3-5-11(16)14(9)15/h3-5,7-8,12,18H,2,6H2,1H3. The second-order valence-corrected chi connectivity index (χ2v) is 7.81. The average Bonchev–Trinajstić information content (AvgIpc) is 2.81. The van der Waals surface area contributed by atoms with Gasteiger partial charge < -0.3 is 5.32 Å². The molecule has 0 saturated carbocycles. The zero-order valence-electron chi connectivity index (χ0n) is 10.4. The molecule has 19 heavy (non-hydrogen) atoms. The van der Waals surface area contributed by atoms with E-state index in [0.717, 1.165) is 18.5 Å². The zero-order chi connectivity index (χ0) is 13.8. The molecule has 1 heterocycles. The molecule has 0 spiro atoms. The first-order valence-corrected chi connectivity index (χ1v) is 8.77. The Morgan fingerprint density at radius 2 is 2.26 bits per heavy atom. The first-order valence-electron chi connectivity index (χ1n) is 6.02. The minimum atomic E-state index is -0.201. The molecule has 0 radical (unpaired) electrons. The number of halogens is 3. The smallest absolute Gasteiger partial charge is 0.137 e. The van der Waals surface area contributed by atoms with Gasteiger partial charge in [-0.05, 0) is 80.1 Å². The van der Waals surface area contributed by atoms with Crippen molar-refractivity contribution in [3.8, 4) is 0 Å². The van der Waals surface area contributed by atoms with Gasteiger partial charge in [0.15, 0.2) is 0 Å². The van der Waals surface area contributed by atoms with Crippen LogP contribution in [0.25, 0.3) is 0 Å². The number of hydrogen-bond donors (Lipinski definition) is 1. The lowest BCUT2D eigenvalue weighted by molar-refractivity contribution is 0.546. The van der Waals surface area contributed by atoms with E-state index in [4.69, 9.17) is 0 Å². The van der Waals surface area contributed by atoms with E-state index in [0.29, 0.717) is 4.47 Å². The summed E-state index contributed by atoms with van der Waals surface area (Å²) in [4.78, 5) is 0. The molecule has 1 N–H and O–H groups in total. The molecule has 5 heteroatoms. The highest BCUT2D eigenvalue weighted by atomic mass is 127. The fraction of sp³-hybridized carbons (Fsp3) is 0.286. The molecule has 2 aromatic rings. The highest BCUT2D eigenvalue weighted by Crippen LogP contribution is 2.28. The third kappa shape index (κ3) is 4.00. The Hall–Kier alpha value is 0.0200. The van der Waals surface area contributed by atoms with Crippen molar-refractivity contribution in [1.82, 2.24) is 5.32 Å². The molecule has 0 amide bonds. The number of hydrogen-bond acceptors (Lipinski definition) is 2. The minimum absolute atomic E-state index is 0.201. The van der Waals surface area contributed by atoms with Crippen molar-refractivity contribution in [1.29, 1.82) is 0 Å². The number of likely N-dealkylation sites (N-methyl/N-ethyl adjacent to an activating group) is 1. The number of thiophene rings is 1. The Morgan fingerprint density at radius 3 is 2.89 bits per heavy atom. The van der Waals surface area contributed by atoms with E-state index in [1.54, 1.807) is 17.4 Å². The van der Waals surface area contributed by atoms with Gasteiger partial charge in [0.1, 0.15) is 5.82 Å². The Kier molecular flexibility index (Phi) is 5.80. The molecule has 2 rings (SSSR count). The van der Waals surface area contributed by atoms with Gasteiger partial charge in [-0.25, -0.2) is 4.39 Å². The fourth-order valence-corrected chi connectivity index (χ4v) is 3.84. The van der Waals surface area contributed by atoms with Gasteiger partial charge in [0, 0.05) is 6.04 Å². The topological polar surface area (TPSA) is 12.0 Å². The van der Waals surface area contributed by atoms with Crippen molar-refractivity contribution >= 4 is 49.9 Å². The number of benzene rings is 1. The van der Waals surface area contributed by atoms with Crippen molar-refractivity contribution in [2.24, 2.45) is 0 Å². The maximum Gasteiger partial charge on any atom is 0.137 e. The van der Waals surface area contributed by atoms with Crippen molar-refractivity contribution in [3.05, 3.63) is 53.9 Å². The van der Waals surface area contributed by atoms with Gasteiger partial charge in [0.05, 0.1) is 7.36 Å². The van der Waals surface area contributed by atoms with E-state index in [-0.39, 0.29) is 11.9 Å². The SMILES string of the molecule is CCNC(Cc1cccc(F)c1Br)c1csc(I)c1. The van der Waals surface area contributed by atoms with Crippen LogP contribution >= 0.6 is 49.9 Å². The van der Waals surface area contributed by atoms with Crippen molar-refractivity contribution in [2.75, 3.05) is 6.54 Å². The molecule has 1 aromatic heterocycles. The Balaban J connectivity index is 2.23. The van der Waals surface area contributed by atoms with Crippen LogP contribution in [0.4, 0.5) is 4.39 Å². The quantitative estimate of drug-likeness (QED) is 0.617. The van der Waals surface area contributed by atoms with Gasteiger partial charge in [-0.2, -0.15) is 0 Å². The average molecular weight is 454 g/mol. The molecule has 0 saturated heterocycles. The highest BCUT2D eigenvalue weighted by Gasteiger charge is 2.15. The summed E-state index contributed by atoms with van der Waals surface area (Å²) in [5.41, 5.74) is 2.26. The molecule has 0 aliphatic heterocycles. The van der Waals surface area contributed by atoms with Crippen LogP contribution in [0, 0.1) is 8.70 Å². The van der Waals surface area contributed by atoms with E-state index < -0.39 is 0 Å². The second-order valence-electron chi connectivity index (χ2n) is 4.21. The molecular weight excluding hydrogens is 440 g/mol.